The molecule has 2 aromatic rings. The Morgan fingerprint density at radius 3 is 2.76 bits per heavy atom. The zero-order valence-corrected chi connectivity index (χ0v) is 14.1. The molecular weight excluding hydrogens is 316 g/mol. The van der Waals surface area contributed by atoms with Crippen LogP contribution in [0.2, 0.25) is 0 Å². The number of carbonyl (C=O) groups is 1. The van der Waals surface area contributed by atoms with Crippen LogP contribution in [0.1, 0.15) is 24.0 Å². The average Bonchev–Trinajstić information content (AvgIpc) is 2.68. The smallest absolute Gasteiger partial charge is 0.229 e. The van der Waals surface area contributed by atoms with Crippen LogP contribution in [0.3, 0.4) is 0 Å². The molecule has 5 nitrogen and oxygen atoms in total. The first-order valence-corrected chi connectivity index (χ1v) is 8.78. The van der Waals surface area contributed by atoms with Gasteiger partial charge in [0.05, 0.1) is 11.5 Å². The Morgan fingerprint density at radius 2 is 2.00 bits per heavy atom. The molecule has 4 rings (SSSR count). The lowest BCUT2D eigenvalue weighted by molar-refractivity contribution is -0.141. The number of hydrogen-bond acceptors (Lipinski definition) is 4. The van der Waals surface area contributed by atoms with Crippen molar-refractivity contribution in [1.82, 2.24) is 9.88 Å². The van der Waals surface area contributed by atoms with E-state index in [1.807, 2.05) is 41.3 Å². The number of carbonyl (C=O) groups excluding carboxylic acids is 1. The van der Waals surface area contributed by atoms with Crippen LogP contribution in [0.5, 0.6) is 5.75 Å². The fourth-order valence-electron chi connectivity index (χ4n) is 3.77. The zero-order valence-electron chi connectivity index (χ0n) is 14.1. The summed E-state index contributed by atoms with van der Waals surface area (Å²) >= 11 is 0. The van der Waals surface area contributed by atoms with Crippen LogP contribution in [0, 0.1) is 5.92 Å². The Hall–Kier alpha value is -2.40. The summed E-state index contributed by atoms with van der Waals surface area (Å²) in [5, 5.41) is 10.9. The van der Waals surface area contributed by atoms with E-state index in [9.17, 15) is 9.90 Å². The third kappa shape index (κ3) is 3.12. The maximum absolute atomic E-state index is 12.9. The lowest BCUT2D eigenvalue weighted by atomic mass is 9.84. The van der Waals surface area contributed by atoms with E-state index in [4.69, 9.17) is 4.74 Å². The van der Waals surface area contributed by atoms with Gasteiger partial charge in [-0.25, -0.2) is 0 Å². The van der Waals surface area contributed by atoms with Gasteiger partial charge in [-0.2, -0.15) is 0 Å². The summed E-state index contributed by atoms with van der Waals surface area (Å²) in [6.45, 7) is 1.55. The maximum Gasteiger partial charge on any atom is 0.229 e. The van der Waals surface area contributed by atoms with Gasteiger partial charge in [-0.1, -0.05) is 24.3 Å². The van der Waals surface area contributed by atoms with E-state index in [-0.39, 0.29) is 11.8 Å². The first kappa shape index (κ1) is 16.1. The number of nitrogens with zero attached hydrogens (tertiary/aromatic N) is 2. The van der Waals surface area contributed by atoms with E-state index in [2.05, 4.69) is 4.98 Å². The number of pyridine rings is 1. The van der Waals surface area contributed by atoms with Crippen molar-refractivity contribution in [1.29, 1.82) is 0 Å². The highest BCUT2D eigenvalue weighted by Gasteiger charge is 2.38. The summed E-state index contributed by atoms with van der Waals surface area (Å²) in [5.74, 6) is 0.873. The second-order valence-corrected chi connectivity index (χ2v) is 6.92. The number of benzene rings is 1. The zero-order chi connectivity index (χ0) is 17.3. The number of amides is 1. The van der Waals surface area contributed by atoms with Crippen LogP contribution in [-0.2, 0) is 16.8 Å². The predicted octanol–water partition coefficient (Wildman–Crippen LogP) is 2.14. The Bertz CT molecular complexity index is 755. The molecule has 0 saturated carbocycles. The molecule has 1 amide bonds. The molecule has 1 saturated heterocycles. The van der Waals surface area contributed by atoms with E-state index >= 15 is 0 Å². The topological polar surface area (TPSA) is 62.7 Å². The van der Waals surface area contributed by atoms with Gasteiger partial charge in [-0.15, -0.1) is 0 Å². The number of fused-ring (bicyclic) bond motifs is 1. The van der Waals surface area contributed by atoms with Gasteiger partial charge in [0.25, 0.3) is 0 Å². The molecule has 2 aliphatic heterocycles. The molecule has 25 heavy (non-hydrogen) atoms. The fourth-order valence-corrected chi connectivity index (χ4v) is 3.77. The lowest BCUT2D eigenvalue weighted by Gasteiger charge is -2.40. The van der Waals surface area contributed by atoms with Crippen LogP contribution in [0.15, 0.2) is 48.8 Å². The van der Waals surface area contributed by atoms with Crippen molar-refractivity contribution in [2.75, 3.05) is 19.7 Å². The Balaban J connectivity index is 1.41. The van der Waals surface area contributed by atoms with Crippen molar-refractivity contribution in [3.05, 3.63) is 59.9 Å². The molecule has 5 heteroatoms. The van der Waals surface area contributed by atoms with Crippen molar-refractivity contribution in [3.8, 4) is 5.75 Å². The van der Waals surface area contributed by atoms with Crippen LogP contribution in [0.4, 0.5) is 0 Å². The number of rotatable bonds is 2. The number of aromatic nitrogens is 1. The molecule has 130 valence electrons. The average molecular weight is 338 g/mol. The third-order valence-corrected chi connectivity index (χ3v) is 5.33. The van der Waals surface area contributed by atoms with E-state index < -0.39 is 5.60 Å². The van der Waals surface area contributed by atoms with Gasteiger partial charge < -0.3 is 14.7 Å². The highest BCUT2D eigenvalue weighted by atomic mass is 16.5. The van der Waals surface area contributed by atoms with Gasteiger partial charge in [0.2, 0.25) is 5.91 Å². The number of likely N-dealkylation sites (tertiary alicyclic amines) is 1. The Labute approximate surface area is 147 Å². The van der Waals surface area contributed by atoms with Gasteiger partial charge in [-0.05, 0) is 37.0 Å². The summed E-state index contributed by atoms with van der Waals surface area (Å²) < 4.78 is 5.75. The molecule has 1 aromatic heterocycles. The van der Waals surface area contributed by atoms with Gasteiger partial charge in [-0.3, -0.25) is 9.78 Å². The first-order chi connectivity index (χ1) is 12.2. The largest absolute Gasteiger partial charge is 0.492 e. The third-order valence-electron chi connectivity index (χ3n) is 5.33. The van der Waals surface area contributed by atoms with Gasteiger partial charge in [0, 0.05) is 31.0 Å². The van der Waals surface area contributed by atoms with Crippen molar-refractivity contribution in [3.63, 3.8) is 0 Å². The summed E-state index contributed by atoms with van der Waals surface area (Å²) in [6, 6.07) is 11.6. The van der Waals surface area contributed by atoms with Crippen LogP contribution < -0.4 is 4.74 Å². The molecule has 3 heterocycles. The highest BCUT2D eigenvalue weighted by molar-refractivity contribution is 5.80. The van der Waals surface area contributed by atoms with E-state index in [1.54, 1.807) is 12.4 Å². The molecule has 1 unspecified atom stereocenters. The molecule has 1 fully saturated rings. The van der Waals surface area contributed by atoms with E-state index in [0.29, 0.717) is 32.5 Å². The van der Waals surface area contributed by atoms with E-state index in [1.165, 1.54) is 0 Å². The molecule has 1 N–H and O–H groups in total. The number of piperidine rings is 1. The SMILES string of the molecule is O=C(C1COc2ccccc2C1)N1CCC(O)(c2cccnc2)CC1. The lowest BCUT2D eigenvalue weighted by Crippen LogP contribution is -2.48. The van der Waals surface area contributed by atoms with Gasteiger partial charge in [0.1, 0.15) is 12.4 Å². The Morgan fingerprint density at radius 1 is 1.20 bits per heavy atom. The molecule has 0 aliphatic carbocycles. The standard InChI is InChI=1S/C20H22N2O3/c23-19(16-12-15-4-1-2-6-18(15)25-14-16)22-10-7-20(24,8-11-22)17-5-3-9-21-13-17/h1-6,9,13,16,24H,7-8,10-12,14H2. The second-order valence-electron chi connectivity index (χ2n) is 6.92. The minimum absolute atomic E-state index is 0.128. The molecule has 0 radical (unpaired) electrons. The summed E-state index contributed by atoms with van der Waals surface area (Å²) in [5.41, 5.74) is 1.04. The summed E-state index contributed by atoms with van der Waals surface area (Å²) in [7, 11) is 0. The minimum atomic E-state index is -0.888. The summed E-state index contributed by atoms with van der Waals surface area (Å²) in [4.78, 5) is 18.8. The van der Waals surface area contributed by atoms with Gasteiger partial charge in [0.15, 0.2) is 0 Å². The second kappa shape index (κ2) is 6.48. The van der Waals surface area contributed by atoms with Gasteiger partial charge >= 0.3 is 0 Å². The Kier molecular flexibility index (Phi) is 4.17. The number of para-hydroxylation sites is 1. The monoisotopic (exact) mass is 338 g/mol. The normalized spacial score (nSPS) is 22.0. The predicted molar refractivity (Wildman–Crippen MR) is 93.1 cm³/mol. The molecule has 0 bridgehead atoms. The maximum atomic E-state index is 12.9. The fraction of sp³-hybridized carbons (Fsp3) is 0.400. The molecule has 2 aliphatic rings. The number of hydrogen-bond donors (Lipinski definition) is 1. The molecule has 1 aromatic carbocycles. The van der Waals surface area contributed by atoms with E-state index in [0.717, 1.165) is 23.3 Å². The van der Waals surface area contributed by atoms with Crippen molar-refractivity contribution in [2.24, 2.45) is 5.92 Å². The van der Waals surface area contributed by atoms with Crippen molar-refractivity contribution < 1.29 is 14.6 Å². The van der Waals surface area contributed by atoms with Crippen LogP contribution >= 0.6 is 0 Å². The quantitative estimate of drug-likeness (QED) is 0.911. The molecule has 1 atom stereocenters. The first-order valence-electron chi connectivity index (χ1n) is 8.78. The van der Waals surface area contributed by atoms with Crippen LogP contribution in [-0.4, -0.2) is 40.6 Å². The minimum Gasteiger partial charge on any atom is -0.492 e. The van der Waals surface area contributed by atoms with Crippen molar-refractivity contribution >= 4 is 5.91 Å². The van der Waals surface area contributed by atoms with Crippen molar-refractivity contribution in [2.45, 2.75) is 24.9 Å². The highest BCUT2D eigenvalue weighted by Crippen LogP contribution is 2.34. The number of aliphatic hydroxyl groups is 1. The van der Waals surface area contributed by atoms with Crippen LogP contribution in [0.25, 0.3) is 0 Å². The number of ether oxygens (including phenoxy) is 1. The molecule has 0 spiro atoms. The molecular formula is C20H22N2O3. The summed E-state index contributed by atoms with van der Waals surface area (Å²) in [6.07, 6.45) is 5.21.